The first-order valence-corrected chi connectivity index (χ1v) is 9.43. The predicted octanol–water partition coefficient (Wildman–Crippen LogP) is 1.74. The molecule has 0 fully saturated rings. The number of anilines is 1. The van der Waals surface area contributed by atoms with Crippen LogP contribution in [0.4, 0.5) is 5.82 Å². The van der Waals surface area contributed by atoms with Gasteiger partial charge in [-0.1, -0.05) is 6.07 Å². The Morgan fingerprint density at radius 1 is 1.24 bits per heavy atom. The summed E-state index contributed by atoms with van der Waals surface area (Å²) < 4.78 is 0. The standard InChI is InChI=1S/C21H21N5O3/c1-13-9-17(23-11-16(13)14-5-3-7-22-10-14)24-18(27)12-26-8-4-6-15-19(26)21(29)25(2)20(15)28/h3,5,7,9-11H,4,6,8,12H2,1-2H3,(H,23,24,27). The smallest absolute Gasteiger partial charge is 0.277 e. The Hall–Kier alpha value is -3.55. The van der Waals surface area contributed by atoms with Gasteiger partial charge in [0.1, 0.15) is 11.5 Å². The molecular weight excluding hydrogens is 370 g/mol. The average Bonchev–Trinajstić information content (AvgIpc) is 2.94. The fraction of sp³-hybridized carbons (Fsp3) is 0.286. The van der Waals surface area contributed by atoms with Crippen LogP contribution in [0.2, 0.25) is 0 Å². The minimum Gasteiger partial charge on any atom is -0.357 e. The maximum absolute atomic E-state index is 12.6. The van der Waals surface area contributed by atoms with E-state index >= 15 is 0 Å². The molecule has 4 heterocycles. The van der Waals surface area contributed by atoms with E-state index < -0.39 is 0 Å². The van der Waals surface area contributed by atoms with Crippen LogP contribution in [0.15, 0.2) is 48.1 Å². The van der Waals surface area contributed by atoms with Gasteiger partial charge >= 0.3 is 0 Å². The monoisotopic (exact) mass is 391 g/mol. The number of carbonyl (C=O) groups excluding carboxylic acids is 3. The van der Waals surface area contributed by atoms with Gasteiger partial charge in [0.2, 0.25) is 5.91 Å². The molecule has 0 radical (unpaired) electrons. The minimum absolute atomic E-state index is 0.00320. The van der Waals surface area contributed by atoms with Gasteiger partial charge in [0, 0.05) is 48.9 Å². The van der Waals surface area contributed by atoms with Crippen LogP contribution in [0.1, 0.15) is 18.4 Å². The number of imide groups is 1. The molecule has 2 aromatic rings. The molecule has 1 N–H and O–H groups in total. The van der Waals surface area contributed by atoms with Crippen LogP contribution in [-0.2, 0) is 14.4 Å². The van der Waals surface area contributed by atoms with Gasteiger partial charge in [0.25, 0.3) is 11.8 Å². The second-order valence-corrected chi connectivity index (χ2v) is 7.20. The lowest BCUT2D eigenvalue weighted by molar-refractivity contribution is -0.136. The van der Waals surface area contributed by atoms with Crippen molar-refractivity contribution in [2.75, 3.05) is 25.5 Å². The van der Waals surface area contributed by atoms with Crippen LogP contribution in [0.3, 0.4) is 0 Å². The van der Waals surface area contributed by atoms with Crippen LogP contribution in [0.25, 0.3) is 11.1 Å². The zero-order valence-electron chi connectivity index (χ0n) is 16.3. The van der Waals surface area contributed by atoms with Gasteiger partial charge < -0.3 is 10.2 Å². The Morgan fingerprint density at radius 3 is 2.79 bits per heavy atom. The molecule has 8 heteroatoms. The SMILES string of the molecule is Cc1cc(NC(=O)CN2CCCC3=C2C(=O)N(C)C3=O)ncc1-c1cccnc1. The molecule has 0 saturated carbocycles. The summed E-state index contributed by atoms with van der Waals surface area (Å²) in [5, 5.41) is 2.79. The number of nitrogens with one attached hydrogen (secondary N) is 1. The number of aromatic nitrogens is 2. The Bertz CT molecular complexity index is 1030. The molecule has 0 aliphatic carbocycles. The first kappa shape index (κ1) is 18.8. The van der Waals surface area contributed by atoms with Crippen molar-refractivity contribution in [1.82, 2.24) is 19.8 Å². The highest BCUT2D eigenvalue weighted by Crippen LogP contribution is 2.30. The Kier molecular flexibility index (Phi) is 4.84. The van der Waals surface area contributed by atoms with Gasteiger partial charge in [0.15, 0.2) is 0 Å². The van der Waals surface area contributed by atoms with Crippen molar-refractivity contribution in [2.24, 2.45) is 0 Å². The number of likely N-dealkylation sites (N-methyl/N-ethyl adjacent to an activating group) is 1. The van der Waals surface area contributed by atoms with E-state index in [1.807, 2.05) is 19.1 Å². The van der Waals surface area contributed by atoms with Crippen molar-refractivity contribution in [3.8, 4) is 11.1 Å². The lowest BCUT2D eigenvalue weighted by atomic mass is 10.0. The van der Waals surface area contributed by atoms with E-state index in [4.69, 9.17) is 0 Å². The van der Waals surface area contributed by atoms with E-state index in [0.717, 1.165) is 28.0 Å². The quantitative estimate of drug-likeness (QED) is 0.798. The van der Waals surface area contributed by atoms with Crippen LogP contribution < -0.4 is 5.32 Å². The van der Waals surface area contributed by atoms with Crippen molar-refractivity contribution in [2.45, 2.75) is 19.8 Å². The van der Waals surface area contributed by atoms with Crippen molar-refractivity contribution in [1.29, 1.82) is 0 Å². The van der Waals surface area contributed by atoms with Gasteiger partial charge in [-0.2, -0.15) is 0 Å². The fourth-order valence-electron chi connectivity index (χ4n) is 3.76. The third-order valence-electron chi connectivity index (χ3n) is 5.21. The van der Waals surface area contributed by atoms with Crippen LogP contribution in [0, 0.1) is 6.92 Å². The van der Waals surface area contributed by atoms with E-state index in [1.165, 1.54) is 7.05 Å². The molecule has 2 aliphatic heterocycles. The molecule has 8 nitrogen and oxygen atoms in total. The van der Waals surface area contributed by atoms with E-state index in [1.54, 1.807) is 29.6 Å². The van der Waals surface area contributed by atoms with Crippen molar-refractivity contribution in [3.05, 3.63) is 53.6 Å². The van der Waals surface area contributed by atoms with E-state index in [-0.39, 0.29) is 24.3 Å². The minimum atomic E-state index is -0.340. The van der Waals surface area contributed by atoms with Gasteiger partial charge in [-0.3, -0.25) is 24.3 Å². The second kappa shape index (κ2) is 7.46. The summed E-state index contributed by atoms with van der Waals surface area (Å²) in [6, 6.07) is 5.62. The molecule has 0 saturated heterocycles. The number of amides is 3. The molecule has 0 unspecified atom stereocenters. The normalized spacial score (nSPS) is 16.3. The molecule has 29 heavy (non-hydrogen) atoms. The van der Waals surface area contributed by atoms with Crippen LogP contribution in [0.5, 0.6) is 0 Å². The second-order valence-electron chi connectivity index (χ2n) is 7.20. The number of hydrogen-bond acceptors (Lipinski definition) is 6. The zero-order valence-corrected chi connectivity index (χ0v) is 16.3. The summed E-state index contributed by atoms with van der Waals surface area (Å²) in [4.78, 5) is 48.4. The number of rotatable bonds is 4. The Labute approximate surface area is 168 Å². The molecular formula is C21H21N5O3. The molecule has 3 amide bonds. The molecule has 0 atom stereocenters. The summed E-state index contributed by atoms with van der Waals surface area (Å²) in [6.07, 6.45) is 6.48. The molecule has 0 spiro atoms. The maximum atomic E-state index is 12.6. The van der Waals surface area contributed by atoms with Gasteiger partial charge in [-0.05, 0) is 37.5 Å². The first-order chi connectivity index (χ1) is 14.0. The summed E-state index contributed by atoms with van der Waals surface area (Å²) in [5.74, 6) is -0.447. The fourth-order valence-corrected chi connectivity index (χ4v) is 3.76. The summed E-state index contributed by atoms with van der Waals surface area (Å²) in [5.41, 5.74) is 3.72. The van der Waals surface area contributed by atoms with E-state index in [0.29, 0.717) is 30.1 Å². The van der Waals surface area contributed by atoms with Gasteiger partial charge in [0.05, 0.1) is 6.54 Å². The van der Waals surface area contributed by atoms with Crippen LogP contribution >= 0.6 is 0 Å². The summed E-state index contributed by atoms with van der Waals surface area (Å²) in [6.45, 7) is 2.50. The molecule has 2 aliphatic rings. The molecule has 148 valence electrons. The number of carbonyl (C=O) groups is 3. The predicted molar refractivity (Wildman–Crippen MR) is 106 cm³/mol. The lowest BCUT2D eigenvalue weighted by Gasteiger charge is -2.28. The average molecular weight is 391 g/mol. The lowest BCUT2D eigenvalue weighted by Crippen LogP contribution is -2.38. The summed E-state index contributed by atoms with van der Waals surface area (Å²) in [7, 11) is 1.47. The van der Waals surface area contributed by atoms with Gasteiger partial charge in [-0.15, -0.1) is 0 Å². The summed E-state index contributed by atoms with van der Waals surface area (Å²) >= 11 is 0. The highest BCUT2D eigenvalue weighted by atomic mass is 16.2. The number of pyridine rings is 2. The Morgan fingerprint density at radius 2 is 2.07 bits per heavy atom. The van der Waals surface area contributed by atoms with E-state index in [2.05, 4.69) is 15.3 Å². The van der Waals surface area contributed by atoms with Crippen molar-refractivity contribution >= 4 is 23.5 Å². The highest BCUT2D eigenvalue weighted by Gasteiger charge is 2.40. The van der Waals surface area contributed by atoms with Crippen LogP contribution in [-0.4, -0.2) is 57.6 Å². The number of nitrogens with zero attached hydrogens (tertiary/aromatic N) is 4. The zero-order chi connectivity index (χ0) is 20.5. The first-order valence-electron chi connectivity index (χ1n) is 9.43. The molecule has 0 aromatic carbocycles. The highest BCUT2D eigenvalue weighted by molar-refractivity contribution is 6.19. The molecule has 0 bridgehead atoms. The third kappa shape index (κ3) is 3.49. The number of hydrogen-bond donors (Lipinski definition) is 1. The van der Waals surface area contributed by atoms with Gasteiger partial charge in [-0.25, -0.2) is 4.98 Å². The Balaban J connectivity index is 1.47. The van der Waals surface area contributed by atoms with Crippen molar-refractivity contribution in [3.63, 3.8) is 0 Å². The molecule has 2 aromatic heterocycles. The largest absolute Gasteiger partial charge is 0.357 e. The number of aryl methyl sites for hydroxylation is 1. The maximum Gasteiger partial charge on any atom is 0.277 e. The topological polar surface area (TPSA) is 95.5 Å². The van der Waals surface area contributed by atoms with Crippen molar-refractivity contribution < 1.29 is 14.4 Å². The molecule has 4 rings (SSSR count). The third-order valence-corrected chi connectivity index (χ3v) is 5.21. The van der Waals surface area contributed by atoms with E-state index in [9.17, 15) is 14.4 Å².